The van der Waals surface area contributed by atoms with Gasteiger partial charge >= 0.3 is 12.2 Å². The van der Waals surface area contributed by atoms with Crippen LogP contribution in [0.25, 0.3) is 0 Å². The lowest BCUT2D eigenvalue weighted by atomic mass is 10.2. The molecular weight excluding hydrogens is 376 g/mol. The molecule has 2 unspecified atom stereocenters. The second-order valence-corrected chi connectivity index (χ2v) is 9.45. The fourth-order valence-electron chi connectivity index (χ4n) is 3.17. The first-order valence-electron chi connectivity index (χ1n) is 9.87. The minimum Gasteiger partial charge on any atom is -0.444 e. The Balaban J connectivity index is 0.000000526. The van der Waals surface area contributed by atoms with E-state index in [4.69, 9.17) is 14.3 Å². The van der Waals surface area contributed by atoms with Crippen molar-refractivity contribution in [3.63, 3.8) is 0 Å². The van der Waals surface area contributed by atoms with Gasteiger partial charge in [-0.05, 0) is 60.8 Å². The number of aliphatic hydroxyl groups is 1. The van der Waals surface area contributed by atoms with Crippen LogP contribution in [0, 0.1) is 0 Å². The smallest absolute Gasteiger partial charge is 0.435 e. The van der Waals surface area contributed by atoms with Crippen molar-refractivity contribution in [2.75, 3.05) is 0 Å². The number of hydrogen-bond donors (Lipinski definition) is 2. The largest absolute Gasteiger partial charge is 0.444 e. The molecule has 3 aliphatic rings. The van der Waals surface area contributed by atoms with Crippen molar-refractivity contribution in [1.82, 2.24) is 10.4 Å². The molecule has 4 atom stereocenters. The summed E-state index contributed by atoms with van der Waals surface area (Å²) < 4.78 is 10.3. The van der Waals surface area contributed by atoms with E-state index in [2.05, 4.69) is 5.32 Å². The van der Waals surface area contributed by atoms with Crippen LogP contribution in [0.2, 0.25) is 0 Å². The van der Waals surface area contributed by atoms with Gasteiger partial charge in [0.2, 0.25) is 0 Å². The number of fused-ring (bicyclic) bond motifs is 2. The monoisotopic (exact) mass is 416 g/mol. The maximum Gasteiger partial charge on any atom is 0.435 e. The highest BCUT2D eigenvalue weighted by Crippen LogP contribution is 2.30. The molecule has 0 aromatic rings. The maximum atomic E-state index is 11.6. The summed E-state index contributed by atoms with van der Waals surface area (Å²) in [6.45, 7) is 11.0. The number of hydroxylamine groups is 2. The average Bonchev–Trinajstić information content (AvgIpc) is 3.21. The van der Waals surface area contributed by atoms with Crippen LogP contribution in [0.1, 0.15) is 76.1 Å². The van der Waals surface area contributed by atoms with Crippen LogP contribution in [0.3, 0.4) is 0 Å². The third-order valence-electron chi connectivity index (χ3n) is 4.27. The Morgan fingerprint density at radius 1 is 1.07 bits per heavy atom. The zero-order valence-corrected chi connectivity index (χ0v) is 17.7. The van der Waals surface area contributed by atoms with Crippen molar-refractivity contribution in [2.24, 2.45) is 0 Å². The predicted octanol–water partition coefficient (Wildman–Crippen LogP) is 4.17. The number of aliphatic hydroxyl groups excluding tert-OH is 1. The highest BCUT2D eigenvalue weighted by molar-refractivity contribution is 5.68. The van der Waals surface area contributed by atoms with Gasteiger partial charge in [0.25, 0.3) is 0 Å². The van der Waals surface area contributed by atoms with Crippen molar-refractivity contribution in [1.29, 1.82) is 0 Å². The summed E-state index contributed by atoms with van der Waals surface area (Å²) in [6.07, 6.45) is 6.07. The van der Waals surface area contributed by atoms with E-state index in [1.807, 2.05) is 53.7 Å². The van der Waals surface area contributed by atoms with Crippen LogP contribution >= 0.6 is 0 Å². The third-order valence-corrected chi connectivity index (χ3v) is 4.27. The summed E-state index contributed by atoms with van der Waals surface area (Å²) in [4.78, 5) is 28.2. The molecule has 29 heavy (non-hydrogen) atoms. The predicted molar refractivity (Wildman–Crippen MR) is 112 cm³/mol. The number of nitrogens with one attached hydrogen (secondary N) is 1. The normalized spacial score (nSPS) is 27.6. The van der Waals surface area contributed by atoms with Gasteiger partial charge < -0.3 is 19.9 Å². The highest BCUT2D eigenvalue weighted by atomic mass is 16.7. The molecule has 8 nitrogen and oxygen atoms in total. The molecule has 0 aromatic carbocycles. The second-order valence-electron chi connectivity index (χ2n) is 9.45. The SMILES string of the molecule is C.CC(C)(C)OC(=O)N1OC2C=CC1C2.CC(C)(C)OC(=O)N[C@H]1CC[C@@H](O)C1.[HH]. The molecule has 2 amide bonds. The summed E-state index contributed by atoms with van der Waals surface area (Å²) in [5.74, 6) is 0. The number of hydrogen-bond acceptors (Lipinski definition) is 6. The van der Waals surface area contributed by atoms with Gasteiger partial charge in [0.1, 0.15) is 17.3 Å². The van der Waals surface area contributed by atoms with Crippen LogP contribution in [-0.2, 0) is 14.3 Å². The number of carbonyl (C=O) groups excluding carboxylic acids is 2. The van der Waals surface area contributed by atoms with Crippen molar-refractivity contribution in [2.45, 2.75) is 110 Å². The van der Waals surface area contributed by atoms with Crippen molar-refractivity contribution in [3.8, 4) is 0 Å². The number of carbonyl (C=O) groups is 2. The lowest BCUT2D eigenvalue weighted by Gasteiger charge is -2.27. The average molecular weight is 417 g/mol. The van der Waals surface area contributed by atoms with E-state index >= 15 is 0 Å². The van der Waals surface area contributed by atoms with Gasteiger partial charge in [-0.3, -0.25) is 4.84 Å². The van der Waals surface area contributed by atoms with Crippen LogP contribution in [0.15, 0.2) is 12.2 Å². The lowest BCUT2D eigenvalue weighted by Crippen LogP contribution is -2.39. The van der Waals surface area contributed by atoms with E-state index in [1.54, 1.807) is 0 Å². The molecule has 2 aliphatic carbocycles. The van der Waals surface area contributed by atoms with Gasteiger partial charge in [0, 0.05) is 13.9 Å². The molecule has 2 bridgehead atoms. The fourth-order valence-corrected chi connectivity index (χ4v) is 3.17. The van der Waals surface area contributed by atoms with E-state index in [0.717, 1.165) is 19.3 Å². The second kappa shape index (κ2) is 9.80. The lowest BCUT2D eigenvalue weighted by molar-refractivity contribution is -0.139. The standard InChI is InChI=1S/C10H15NO3.C10H19NO3.CH4.H2/c1-10(2,3)13-9(12)11-7-4-5-8(6-7)14-11;1-10(2,3)14-9(13)11-7-4-5-8(12)6-7;;/h4-5,7-8H,6H2,1-3H3;7-8,12H,4-6H2,1-3H3,(H,11,13);1H4;1H/t;7-,8+;;/m.0../s1. The quantitative estimate of drug-likeness (QED) is 0.623. The Bertz CT molecular complexity index is 599. The Morgan fingerprint density at radius 3 is 2.10 bits per heavy atom. The molecular formula is C21H40N2O6. The van der Waals surface area contributed by atoms with E-state index in [-0.39, 0.29) is 33.1 Å². The van der Waals surface area contributed by atoms with E-state index in [1.165, 1.54) is 5.06 Å². The first-order chi connectivity index (χ1) is 12.8. The summed E-state index contributed by atoms with van der Waals surface area (Å²) in [6, 6.07) is 0.134. The summed E-state index contributed by atoms with van der Waals surface area (Å²) >= 11 is 0. The molecule has 1 saturated heterocycles. The molecule has 8 heteroatoms. The van der Waals surface area contributed by atoms with Gasteiger partial charge in [-0.15, -0.1) is 0 Å². The van der Waals surface area contributed by atoms with E-state index in [9.17, 15) is 14.7 Å². The molecule has 2 N–H and O–H groups in total. The first-order valence-corrected chi connectivity index (χ1v) is 9.87. The van der Waals surface area contributed by atoms with Gasteiger partial charge in [-0.1, -0.05) is 19.6 Å². The molecule has 1 heterocycles. The number of rotatable bonds is 1. The summed E-state index contributed by atoms with van der Waals surface area (Å²) in [7, 11) is 0. The molecule has 1 saturated carbocycles. The molecule has 0 aromatic heterocycles. The van der Waals surface area contributed by atoms with Crippen LogP contribution < -0.4 is 5.32 Å². The van der Waals surface area contributed by atoms with Crippen molar-refractivity contribution < 1.29 is 30.4 Å². The van der Waals surface area contributed by atoms with Crippen LogP contribution in [-0.4, -0.2) is 57.8 Å². The number of amides is 2. The Hall–Kier alpha value is -1.80. The number of alkyl carbamates (subject to hydrolysis) is 1. The number of nitrogens with zero attached hydrogens (tertiary/aromatic N) is 1. The fraction of sp³-hybridized carbons (Fsp3) is 0.810. The number of ether oxygens (including phenoxy) is 2. The minimum atomic E-state index is -0.466. The minimum absolute atomic E-state index is 0. The van der Waals surface area contributed by atoms with Crippen LogP contribution in [0.4, 0.5) is 9.59 Å². The highest BCUT2D eigenvalue weighted by Gasteiger charge is 2.40. The zero-order chi connectivity index (χ0) is 21.1. The maximum absolute atomic E-state index is 11.6. The van der Waals surface area contributed by atoms with Gasteiger partial charge in [-0.2, -0.15) is 5.06 Å². The zero-order valence-electron chi connectivity index (χ0n) is 17.7. The van der Waals surface area contributed by atoms with Gasteiger partial charge in [-0.25, -0.2) is 9.59 Å². The summed E-state index contributed by atoms with van der Waals surface area (Å²) in [5, 5.41) is 13.3. The Kier molecular flexibility index (Phi) is 8.53. The van der Waals surface area contributed by atoms with Crippen LogP contribution in [0.5, 0.6) is 0 Å². The topological polar surface area (TPSA) is 97.3 Å². The third kappa shape index (κ3) is 8.62. The Labute approximate surface area is 176 Å². The summed E-state index contributed by atoms with van der Waals surface area (Å²) in [5.41, 5.74) is -0.923. The molecule has 3 rings (SSSR count). The van der Waals surface area contributed by atoms with Crippen molar-refractivity contribution in [3.05, 3.63) is 12.2 Å². The first kappa shape index (κ1) is 25.2. The van der Waals surface area contributed by atoms with Gasteiger partial charge in [0.05, 0.1) is 12.1 Å². The van der Waals surface area contributed by atoms with Crippen molar-refractivity contribution >= 4 is 12.2 Å². The Morgan fingerprint density at radius 2 is 1.69 bits per heavy atom. The van der Waals surface area contributed by atoms with E-state index in [0.29, 0.717) is 6.42 Å². The molecule has 0 spiro atoms. The molecule has 1 aliphatic heterocycles. The van der Waals surface area contributed by atoms with E-state index < -0.39 is 23.4 Å². The molecule has 0 radical (unpaired) electrons. The molecule has 2 fully saturated rings. The molecule has 170 valence electrons. The van der Waals surface area contributed by atoms with Gasteiger partial charge in [0.15, 0.2) is 0 Å².